The highest BCUT2D eigenvalue weighted by atomic mass is 32.1. The molecule has 5 rings (SSSR count). The van der Waals surface area contributed by atoms with E-state index in [9.17, 15) is 14.9 Å². The lowest BCUT2D eigenvalue weighted by atomic mass is 10.1. The Morgan fingerprint density at radius 1 is 1.06 bits per heavy atom. The summed E-state index contributed by atoms with van der Waals surface area (Å²) in [5, 5.41) is 20.2. The molecule has 9 nitrogen and oxygen atoms in total. The van der Waals surface area contributed by atoms with Crippen LogP contribution in [0.15, 0.2) is 65.2 Å². The van der Waals surface area contributed by atoms with E-state index in [0.29, 0.717) is 17.0 Å². The first-order valence-electron chi connectivity index (χ1n) is 9.22. The number of carbonyl (C=O) groups excluding carboxylic acids is 1. The van der Waals surface area contributed by atoms with Crippen molar-refractivity contribution in [1.82, 2.24) is 19.2 Å². The van der Waals surface area contributed by atoms with Gasteiger partial charge in [-0.2, -0.15) is 8.75 Å². The summed E-state index contributed by atoms with van der Waals surface area (Å²) in [5.74, 6) is 0.105. The number of aromatic nitrogens is 3. The number of nitrogens with zero attached hydrogens (tertiary/aromatic N) is 4. The number of benzene rings is 3. The molecule has 1 amide bonds. The quantitative estimate of drug-likeness (QED) is 0.324. The van der Waals surface area contributed by atoms with Crippen LogP contribution < -0.4 is 5.32 Å². The van der Waals surface area contributed by atoms with E-state index in [0.717, 1.165) is 28.1 Å². The number of carbonyl (C=O) groups is 1. The second-order valence-corrected chi connectivity index (χ2v) is 7.34. The Labute approximate surface area is 178 Å². The largest absolute Gasteiger partial charge is 0.356 e. The monoisotopic (exact) mass is 431 g/mol. The van der Waals surface area contributed by atoms with E-state index >= 15 is 0 Å². The maximum absolute atomic E-state index is 12.5. The molecule has 0 unspecified atom stereocenters. The van der Waals surface area contributed by atoms with Crippen LogP contribution in [0.4, 0.5) is 5.69 Å². The fourth-order valence-electron chi connectivity index (χ4n) is 3.29. The molecule has 152 valence electrons. The normalized spacial score (nSPS) is 11.1. The van der Waals surface area contributed by atoms with Gasteiger partial charge in [-0.05, 0) is 22.9 Å². The highest BCUT2D eigenvalue weighted by Gasteiger charge is 2.20. The van der Waals surface area contributed by atoms with Crippen LogP contribution in [0.5, 0.6) is 0 Å². The van der Waals surface area contributed by atoms with Crippen molar-refractivity contribution >= 4 is 45.1 Å². The molecule has 0 saturated carbocycles. The second kappa shape index (κ2) is 7.58. The lowest BCUT2D eigenvalue weighted by molar-refractivity contribution is -0.383. The van der Waals surface area contributed by atoms with Gasteiger partial charge in [0.2, 0.25) is 0 Å². The van der Waals surface area contributed by atoms with Crippen LogP contribution in [0, 0.1) is 10.1 Å². The molecule has 0 radical (unpaired) electrons. The van der Waals surface area contributed by atoms with E-state index in [1.807, 2.05) is 42.5 Å². The summed E-state index contributed by atoms with van der Waals surface area (Å²) in [6, 6.07) is 18.4. The molecule has 1 N–H and O–H groups in total. The number of fused-ring (bicyclic) bond motifs is 2. The van der Waals surface area contributed by atoms with E-state index in [4.69, 9.17) is 4.52 Å². The van der Waals surface area contributed by atoms with Gasteiger partial charge in [0.05, 0.1) is 23.2 Å². The van der Waals surface area contributed by atoms with Crippen LogP contribution in [-0.4, -0.2) is 24.7 Å². The van der Waals surface area contributed by atoms with Gasteiger partial charge in [-0.3, -0.25) is 14.9 Å². The summed E-state index contributed by atoms with van der Waals surface area (Å²) in [6.45, 7) is 0.108. The number of non-ortho nitro benzene ring substituents is 1. The first-order chi connectivity index (χ1) is 15.1. The first-order valence-corrected chi connectivity index (χ1v) is 9.95. The van der Waals surface area contributed by atoms with Crippen molar-refractivity contribution in [2.24, 2.45) is 0 Å². The zero-order valence-corrected chi connectivity index (χ0v) is 16.6. The summed E-state index contributed by atoms with van der Waals surface area (Å²) in [7, 11) is 0. The van der Waals surface area contributed by atoms with E-state index < -0.39 is 10.8 Å². The summed E-state index contributed by atoms with van der Waals surface area (Å²) < 4.78 is 13.3. The van der Waals surface area contributed by atoms with Gasteiger partial charge < -0.3 is 9.84 Å². The maximum atomic E-state index is 12.5. The Bertz CT molecular complexity index is 1460. The Hall–Kier alpha value is -4.18. The van der Waals surface area contributed by atoms with Crippen molar-refractivity contribution in [3.8, 4) is 11.3 Å². The van der Waals surface area contributed by atoms with Gasteiger partial charge in [-0.25, -0.2) is 0 Å². The van der Waals surface area contributed by atoms with E-state index in [1.54, 1.807) is 6.07 Å². The Morgan fingerprint density at radius 2 is 1.90 bits per heavy atom. The molecule has 0 spiro atoms. The summed E-state index contributed by atoms with van der Waals surface area (Å²) in [5.41, 5.74) is 1.76. The number of nitro groups is 1. The predicted octanol–water partition coefficient (Wildman–Crippen LogP) is 4.34. The number of amides is 1. The van der Waals surface area contributed by atoms with Crippen LogP contribution in [0.1, 0.15) is 16.1 Å². The van der Waals surface area contributed by atoms with Gasteiger partial charge in [0.15, 0.2) is 11.3 Å². The molecule has 0 atom stereocenters. The lowest BCUT2D eigenvalue weighted by Crippen LogP contribution is -2.23. The number of hydrogen-bond donors (Lipinski definition) is 1. The molecule has 0 aliphatic carbocycles. The van der Waals surface area contributed by atoms with E-state index in [1.165, 1.54) is 12.1 Å². The van der Waals surface area contributed by atoms with Crippen molar-refractivity contribution < 1.29 is 14.2 Å². The Morgan fingerprint density at radius 3 is 2.74 bits per heavy atom. The lowest BCUT2D eigenvalue weighted by Gasteiger charge is -2.03. The maximum Gasteiger partial charge on any atom is 0.299 e. The molecular weight excluding hydrogens is 418 g/mol. The zero-order chi connectivity index (χ0) is 21.4. The van der Waals surface area contributed by atoms with Crippen LogP contribution in [0.25, 0.3) is 33.1 Å². The molecule has 5 aromatic rings. The van der Waals surface area contributed by atoms with E-state index in [-0.39, 0.29) is 23.3 Å². The minimum Gasteiger partial charge on any atom is -0.356 e. The minimum atomic E-state index is -0.575. The average molecular weight is 431 g/mol. The third-order valence-corrected chi connectivity index (χ3v) is 5.37. The van der Waals surface area contributed by atoms with Crippen LogP contribution >= 0.6 is 11.7 Å². The van der Waals surface area contributed by atoms with Crippen molar-refractivity contribution in [3.63, 3.8) is 0 Å². The smallest absolute Gasteiger partial charge is 0.299 e. The van der Waals surface area contributed by atoms with Gasteiger partial charge in [0.25, 0.3) is 11.6 Å². The predicted molar refractivity (Wildman–Crippen MR) is 115 cm³/mol. The van der Waals surface area contributed by atoms with Crippen molar-refractivity contribution in [1.29, 1.82) is 0 Å². The summed E-state index contributed by atoms with van der Waals surface area (Å²) >= 11 is 0.858. The van der Waals surface area contributed by atoms with Gasteiger partial charge in [0.1, 0.15) is 11.2 Å². The topological polar surface area (TPSA) is 124 Å². The Balaban J connectivity index is 1.33. The molecule has 0 bridgehead atoms. The van der Waals surface area contributed by atoms with Crippen molar-refractivity contribution in [2.45, 2.75) is 6.54 Å². The minimum absolute atomic E-state index is 0.108. The first kappa shape index (κ1) is 18.8. The number of rotatable bonds is 5. The van der Waals surface area contributed by atoms with Crippen LogP contribution in [0.2, 0.25) is 0 Å². The van der Waals surface area contributed by atoms with Crippen LogP contribution in [0.3, 0.4) is 0 Å². The molecule has 3 aromatic carbocycles. The second-order valence-electron chi connectivity index (χ2n) is 6.81. The number of nitro benzene ring substituents is 1. The molecule has 0 aliphatic heterocycles. The summed E-state index contributed by atoms with van der Waals surface area (Å²) in [4.78, 5) is 23.2. The highest BCUT2D eigenvalue weighted by molar-refractivity contribution is 7.00. The average Bonchev–Trinajstić information content (AvgIpc) is 3.45. The third-order valence-electron chi connectivity index (χ3n) is 4.82. The molecule has 0 saturated heterocycles. The zero-order valence-electron chi connectivity index (χ0n) is 15.8. The summed E-state index contributed by atoms with van der Waals surface area (Å²) in [6.07, 6.45) is 0. The van der Waals surface area contributed by atoms with Crippen molar-refractivity contribution in [2.75, 3.05) is 0 Å². The standard InChI is InChI=1S/C21H13N5O4S/c27-21(15-8-17-20(25-31-24-17)18(9-15)26(28)29)22-11-16-10-19(30-23-16)14-6-5-12-3-1-2-4-13(12)7-14/h1-10H,11H2,(H,22,27). The van der Waals surface area contributed by atoms with Gasteiger partial charge in [-0.1, -0.05) is 41.6 Å². The fraction of sp³-hybridized carbons (Fsp3) is 0.0476. The van der Waals surface area contributed by atoms with Gasteiger partial charge >= 0.3 is 0 Å². The molecule has 10 heteroatoms. The van der Waals surface area contributed by atoms with E-state index in [2.05, 4.69) is 19.2 Å². The molecule has 0 aliphatic rings. The number of nitrogens with one attached hydrogen (secondary N) is 1. The number of hydrogen-bond acceptors (Lipinski definition) is 8. The van der Waals surface area contributed by atoms with Crippen molar-refractivity contribution in [3.05, 3.63) is 82.0 Å². The molecular formula is C21H13N5O4S. The SMILES string of the molecule is O=C(NCc1cc(-c2ccc3ccccc3c2)on1)c1cc([N+](=O)[O-])c2nsnc2c1. The molecule has 2 heterocycles. The van der Waals surface area contributed by atoms with Gasteiger partial charge in [0, 0.05) is 23.3 Å². The fourth-order valence-corrected chi connectivity index (χ4v) is 3.83. The van der Waals surface area contributed by atoms with Gasteiger partial charge in [-0.15, -0.1) is 0 Å². The van der Waals surface area contributed by atoms with Crippen LogP contribution in [-0.2, 0) is 6.54 Å². The highest BCUT2D eigenvalue weighted by Crippen LogP contribution is 2.27. The third kappa shape index (κ3) is 3.60. The molecule has 2 aromatic heterocycles. The molecule has 0 fully saturated rings. The Kier molecular flexibility index (Phi) is 4.60. The molecule has 31 heavy (non-hydrogen) atoms.